The molecule has 0 saturated heterocycles. The maximum absolute atomic E-state index is 3.44. The first-order chi connectivity index (χ1) is 10.6. The highest BCUT2D eigenvalue weighted by Gasteiger charge is 2.24. The van der Waals surface area contributed by atoms with Gasteiger partial charge >= 0.3 is 0 Å². The van der Waals surface area contributed by atoms with Gasteiger partial charge in [-0.3, -0.25) is 0 Å². The summed E-state index contributed by atoms with van der Waals surface area (Å²) < 4.78 is 0. The van der Waals surface area contributed by atoms with Gasteiger partial charge < -0.3 is 0 Å². The molecule has 0 unspecified atom stereocenters. The highest BCUT2D eigenvalue weighted by atomic mass is 28.3. The average molecular weight is 327 g/mol. The fourth-order valence-electron chi connectivity index (χ4n) is 2.48. The number of hydrogen-bond acceptors (Lipinski definition) is 0. The molecule has 0 radical (unpaired) electrons. The molecule has 2 heteroatoms. The third-order valence-electron chi connectivity index (χ3n) is 5.03. The van der Waals surface area contributed by atoms with Crippen LogP contribution in [0.1, 0.15) is 41.5 Å². The van der Waals surface area contributed by atoms with Gasteiger partial charge in [-0.15, -0.1) is 11.1 Å². The Bertz CT molecular complexity index is 492. The van der Waals surface area contributed by atoms with Crippen LogP contribution in [0.25, 0.3) is 0 Å². The molecule has 0 aliphatic heterocycles. The summed E-state index contributed by atoms with van der Waals surface area (Å²) in [4.78, 5) is 0. The second-order valence-electron chi connectivity index (χ2n) is 5.68. The summed E-state index contributed by atoms with van der Waals surface area (Å²) in [6.45, 7) is 13.5. The van der Waals surface area contributed by atoms with E-state index in [1.165, 1.54) is 36.3 Å². The fraction of sp³-hybridized carbons (Fsp3) is 0.600. The van der Waals surface area contributed by atoms with Crippen molar-refractivity contribution >= 4 is 16.1 Å². The number of rotatable bonds is 6. The fourth-order valence-corrected chi connectivity index (χ4v) is 7.20. The van der Waals surface area contributed by atoms with Crippen molar-refractivity contribution in [2.75, 3.05) is 0 Å². The molecule has 0 aromatic rings. The highest BCUT2D eigenvalue weighted by Crippen LogP contribution is 2.19. The zero-order valence-corrected chi connectivity index (χ0v) is 17.2. The van der Waals surface area contributed by atoms with Crippen LogP contribution < -0.4 is 0 Å². The Labute approximate surface area is 140 Å². The Morgan fingerprint density at radius 2 is 0.636 bits per heavy atom. The monoisotopic (exact) mass is 326 g/mol. The molecule has 0 nitrogen and oxygen atoms in total. The van der Waals surface area contributed by atoms with Gasteiger partial charge in [0.05, 0.1) is 0 Å². The largest absolute Gasteiger partial charge is 0.139 e. The molecule has 22 heavy (non-hydrogen) atoms. The normalized spacial score (nSPS) is 9.91. The zero-order valence-electron chi connectivity index (χ0n) is 15.2. The molecule has 0 heterocycles. The highest BCUT2D eigenvalue weighted by molar-refractivity contribution is 6.87. The van der Waals surface area contributed by atoms with Crippen LogP contribution in [-0.2, 0) is 0 Å². The summed E-state index contributed by atoms with van der Waals surface area (Å²) in [5.74, 6) is 17.5. The van der Waals surface area contributed by atoms with Crippen molar-refractivity contribution in [3.8, 4) is 46.6 Å². The van der Waals surface area contributed by atoms with Crippen LogP contribution in [0.5, 0.6) is 0 Å². The molecular weight excluding hydrogens is 296 g/mol. The minimum absolute atomic E-state index is 1.21. The topological polar surface area (TPSA) is 0 Å². The molecule has 0 aromatic heterocycles. The number of hydrogen-bond donors (Lipinski definition) is 0. The lowest BCUT2D eigenvalue weighted by Gasteiger charge is -2.19. The molecule has 0 bridgehead atoms. The third-order valence-corrected chi connectivity index (χ3v) is 14.5. The van der Waals surface area contributed by atoms with Crippen LogP contribution in [0.3, 0.4) is 0 Å². The Hall–Kier alpha value is -1.33. The summed E-state index contributed by atoms with van der Waals surface area (Å²) in [7, 11) is -2.73. The molecule has 0 aromatic carbocycles. The average Bonchev–Trinajstić information content (AvgIpc) is 2.58. The maximum atomic E-state index is 3.44. The third kappa shape index (κ3) is 6.62. The van der Waals surface area contributed by atoms with Gasteiger partial charge in [-0.25, -0.2) is 0 Å². The lowest BCUT2D eigenvalue weighted by Crippen LogP contribution is -2.29. The Kier molecular flexibility index (Phi) is 10.6. The van der Waals surface area contributed by atoms with E-state index in [2.05, 4.69) is 88.2 Å². The van der Waals surface area contributed by atoms with E-state index in [0.717, 1.165) is 0 Å². The van der Waals surface area contributed by atoms with Gasteiger partial charge in [0.2, 0.25) is 0 Å². The van der Waals surface area contributed by atoms with Crippen molar-refractivity contribution in [1.82, 2.24) is 0 Å². The predicted molar refractivity (Wildman–Crippen MR) is 105 cm³/mol. The van der Waals surface area contributed by atoms with E-state index in [-0.39, 0.29) is 0 Å². The Balaban J connectivity index is 4.85. The van der Waals surface area contributed by atoms with E-state index in [1.807, 2.05) is 0 Å². The van der Waals surface area contributed by atoms with Crippen LogP contribution in [-0.4, -0.2) is 16.1 Å². The van der Waals surface area contributed by atoms with Crippen molar-refractivity contribution in [1.29, 1.82) is 0 Å². The molecule has 0 rings (SSSR count). The second-order valence-corrected chi connectivity index (χ2v) is 15.5. The van der Waals surface area contributed by atoms with Crippen molar-refractivity contribution in [3.05, 3.63) is 0 Å². The molecule has 0 spiro atoms. The van der Waals surface area contributed by atoms with Gasteiger partial charge in [-0.05, 0) is 71.8 Å². The molecular formula is C20H30Si2. The molecule has 0 atom stereocenters. The lowest BCUT2D eigenvalue weighted by molar-refractivity contribution is 1.20. The minimum Gasteiger partial charge on any atom is -0.117 e. The van der Waals surface area contributed by atoms with Gasteiger partial charge in [0.1, 0.15) is 16.1 Å². The van der Waals surface area contributed by atoms with Gasteiger partial charge in [0.15, 0.2) is 0 Å². The molecule has 0 fully saturated rings. The van der Waals surface area contributed by atoms with Crippen LogP contribution in [0.4, 0.5) is 0 Å². The van der Waals surface area contributed by atoms with Gasteiger partial charge in [0.25, 0.3) is 0 Å². The summed E-state index contributed by atoms with van der Waals surface area (Å²) in [5, 5.41) is 0. The molecule has 0 saturated carbocycles. The first-order valence-corrected chi connectivity index (χ1v) is 13.9. The molecule has 118 valence electrons. The van der Waals surface area contributed by atoms with Crippen molar-refractivity contribution in [2.45, 2.75) is 77.8 Å². The predicted octanol–water partition coefficient (Wildman–Crippen LogP) is 5.10. The van der Waals surface area contributed by atoms with Crippen LogP contribution in [0.15, 0.2) is 0 Å². The maximum Gasteiger partial charge on any atom is 0.139 e. The van der Waals surface area contributed by atoms with Gasteiger partial charge in [0, 0.05) is 0 Å². The summed E-state index contributed by atoms with van der Waals surface area (Å²) >= 11 is 0. The first-order valence-electron chi connectivity index (χ1n) is 8.61. The minimum atomic E-state index is -1.37. The van der Waals surface area contributed by atoms with E-state index < -0.39 is 16.1 Å². The van der Waals surface area contributed by atoms with Crippen LogP contribution in [0.2, 0.25) is 36.3 Å². The van der Waals surface area contributed by atoms with Crippen LogP contribution in [0, 0.1) is 46.6 Å². The van der Waals surface area contributed by atoms with E-state index >= 15 is 0 Å². The van der Waals surface area contributed by atoms with Gasteiger partial charge in [-0.1, -0.05) is 41.5 Å². The second kappa shape index (κ2) is 11.3. The molecule has 0 N–H and O–H groups in total. The molecule has 0 aliphatic carbocycles. The van der Waals surface area contributed by atoms with Crippen molar-refractivity contribution in [2.24, 2.45) is 0 Å². The zero-order chi connectivity index (χ0) is 16.9. The van der Waals surface area contributed by atoms with Gasteiger partial charge in [-0.2, -0.15) is 0 Å². The quantitative estimate of drug-likeness (QED) is 0.471. The van der Waals surface area contributed by atoms with Crippen LogP contribution >= 0.6 is 0 Å². The summed E-state index contributed by atoms with van der Waals surface area (Å²) in [6, 6.07) is 7.27. The summed E-state index contributed by atoms with van der Waals surface area (Å²) in [5.41, 5.74) is 6.89. The first kappa shape index (κ1) is 20.7. The SMILES string of the molecule is CC[Si](C#CC#CC#CC#C[Si](CC)(CC)CC)(CC)CC. The van der Waals surface area contributed by atoms with Crippen molar-refractivity contribution in [3.63, 3.8) is 0 Å². The smallest absolute Gasteiger partial charge is 0.117 e. The standard InChI is InChI=1S/C20H30Si2/c1-7-21(8-2,9-3)19-17-15-13-14-16-18-20-22(10-4,11-5)12-6/h7-12H2,1-6H3. The summed E-state index contributed by atoms with van der Waals surface area (Å²) in [6.07, 6.45) is 0. The lowest BCUT2D eigenvalue weighted by atomic mass is 10.5. The van der Waals surface area contributed by atoms with E-state index in [1.54, 1.807) is 0 Å². The Morgan fingerprint density at radius 1 is 0.409 bits per heavy atom. The Morgan fingerprint density at radius 3 is 0.864 bits per heavy atom. The molecule has 0 aliphatic rings. The van der Waals surface area contributed by atoms with E-state index in [0.29, 0.717) is 0 Å². The van der Waals surface area contributed by atoms with Crippen molar-refractivity contribution < 1.29 is 0 Å². The molecule has 0 amide bonds. The van der Waals surface area contributed by atoms with E-state index in [9.17, 15) is 0 Å². The van der Waals surface area contributed by atoms with E-state index in [4.69, 9.17) is 0 Å².